The van der Waals surface area contributed by atoms with Gasteiger partial charge in [0.2, 0.25) is 0 Å². The van der Waals surface area contributed by atoms with E-state index in [9.17, 15) is 9.90 Å². The number of carboxylic acid groups (broad SMARTS) is 1. The van der Waals surface area contributed by atoms with Crippen molar-refractivity contribution in [3.05, 3.63) is 59.8 Å². The molecule has 0 spiro atoms. The van der Waals surface area contributed by atoms with E-state index in [2.05, 4.69) is 24.7 Å². The van der Waals surface area contributed by atoms with Gasteiger partial charge >= 0.3 is 5.97 Å². The summed E-state index contributed by atoms with van der Waals surface area (Å²) in [6.45, 7) is 8.00. The van der Waals surface area contributed by atoms with Gasteiger partial charge in [0, 0.05) is 26.1 Å². The first-order valence-electron chi connectivity index (χ1n) is 9.32. The molecule has 0 bridgehead atoms. The largest absolute Gasteiger partial charge is 0.489 e. The van der Waals surface area contributed by atoms with Gasteiger partial charge < -0.3 is 14.6 Å². The fraction of sp³-hybridized carbons (Fsp3) is 0.333. The molecule has 0 aliphatic carbocycles. The highest BCUT2D eigenvalue weighted by atomic mass is 28.3. The Bertz CT molecular complexity index is 948. The molecule has 0 aliphatic heterocycles. The van der Waals surface area contributed by atoms with Crippen LogP contribution in [0.2, 0.25) is 25.7 Å². The van der Waals surface area contributed by atoms with E-state index in [4.69, 9.17) is 9.47 Å². The van der Waals surface area contributed by atoms with Gasteiger partial charge in [-0.2, -0.15) is 5.10 Å². The van der Waals surface area contributed by atoms with E-state index in [1.807, 2.05) is 30.3 Å². The predicted octanol–water partition coefficient (Wildman–Crippen LogP) is 4.63. The van der Waals surface area contributed by atoms with Gasteiger partial charge in [-0.05, 0) is 23.7 Å². The maximum absolute atomic E-state index is 11.7. The maximum atomic E-state index is 11.7. The first-order valence-corrected chi connectivity index (χ1v) is 13.0. The van der Waals surface area contributed by atoms with Crippen molar-refractivity contribution < 1.29 is 19.4 Å². The molecule has 1 aromatic heterocycles. The normalized spacial score (nSPS) is 11.7. The van der Waals surface area contributed by atoms with Crippen molar-refractivity contribution in [2.75, 3.05) is 6.61 Å². The van der Waals surface area contributed by atoms with Crippen molar-refractivity contribution in [3.8, 4) is 5.75 Å². The number of benzene rings is 2. The Morgan fingerprint density at radius 3 is 2.57 bits per heavy atom. The fourth-order valence-electron chi connectivity index (χ4n) is 2.79. The predicted molar refractivity (Wildman–Crippen MR) is 112 cm³/mol. The highest BCUT2D eigenvalue weighted by molar-refractivity contribution is 6.76. The van der Waals surface area contributed by atoms with E-state index >= 15 is 0 Å². The van der Waals surface area contributed by atoms with Gasteiger partial charge in [-0.15, -0.1) is 0 Å². The number of hydrogen-bond donors (Lipinski definition) is 1. The molecule has 3 aromatic rings. The Morgan fingerprint density at radius 2 is 1.89 bits per heavy atom. The summed E-state index contributed by atoms with van der Waals surface area (Å²) in [7, 11) is -1.19. The molecular weight excluding hydrogens is 372 g/mol. The highest BCUT2D eigenvalue weighted by Crippen LogP contribution is 2.24. The number of aromatic carboxylic acids is 1. The Hall–Kier alpha value is -2.64. The van der Waals surface area contributed by atoms with Crippen LogP contribution in [-0.2, 0) is 18.1 Å². The minimum absolute atomic E-state index is 0.126. The van der Waals surface area contributed by atoms with Gasteiger partial charge in [-0.3, -0.25) is 0 Å². The zero-order valence-corrected chi connectivity index (χ0v) is 17.5. The van der Waals surface area contributed by atoms with Crippen molar-refractivity contribution >= 4 is 24.9 Å². The number of aromatic nitrogens is 2. The van der Waals surface area contributed by atoms with Crippen molar-refractivity contribution in [2.45, 2.75) is 39.0 Å². The zero-order valence-electron chi connectivity index (χ0n) is 16.5. The first-order chi connectivity index (χ1) is 13.3. The maximum Gasteiger partial charge on any atom is 0.354 e. The first kappa shape index (κ1) is 20.1. The third kappa shape index (κ3) is 5.21. The summed E-state index contributed by atoms with van der Waals surface area (Å²) in [5.74, 6) is -0.369. The van der Waals surface area contributed by atoms with Crippen LogP contribution < -0.4 is 4.74 Å². The zero-order chi connectivity index (χ0) is 20.1. The van der Waals surface area contributed by atoms with Gasteiger partial charge in [0.15, 0.2) is 5.69 Å². The average molecular weight is 399 g/mol. The second-order valence-corrected chi connectivity index (χ2v) is 13.6. The van der Waals surface area contributed by atoms with Crippen molar-refractivity contribution in [3.63, 3.8) is 0 Å². The molecule has 2 aromatic carbocycles. The molecule has 0 saturated carbocycles. The summed E-state index contributed by atoms with van der Waals surface area (Å²) in [5.41, 5.74) is 1.78. The second kappa shape index (κ2) is 8.58. The molecule has 0 saturated heterocycles. The third-order valence-corrected chi connectivity index (χ3v) is 6.08. The molecule has 0 unspecified atom stereocenters. The number of hydrogen-bond acceptors (Lipinski definition) is 4. The number of fused-ring (bicyclic) bond motifs is 1. The lowest BCUT2D eigenvalue weighted by Gasteiger charge is -2.15. The minimum atomic E-state index is -1.19. The molecule has 0 fully saturated rings. The molecule has 0 radical (unpaired) electrons. The molecule has 7 heteroatoms. The van der Waals surface area contributed by atoms with Crippen LogP contribution in [0.15, 0.2) is 48.5 Å². The van der Waals surface area contributed by atoms with E-state index in [1.54, 1.807) is 18.2 Å². The van der Waals surface area contributed by atoms with Gasteiger partial charge in [-0.25, -0.2) is 9.48 Å². The molecule has 28 heavy (non-hydrogen) atoms. The average Bonchev–Trinajstić information content (AvgIpc) is 3.01. The van der Waals surface area contributed by atoms with Crippen molar-refractivity contribution in [1.29, 1.82) is 0 Å². The smallest absolute Gasteiger partial charge is 0.354 e. The Balaban J connectivity index is 1.74. The van der Waals surface area contributed by atoms with Crippen LogP contribution >= 0.6 is 0 Å². The summed E-state index contributed by atoms with van der Waals surface area (Å²) < 4.78 is 12.9. The van der Waals surface area contributed by atoms with Crippen LogP contribution in [0.1, 0.15) is 16.1 Å². The lowest BCUT2D eigenvalue weighted by Crippen LogP contribution is -2.22. The van der Waals surface area contributed by atoms with Crippen LogP contribution in [0.25, 0.3) is 10.9 Å². The Morgan fingerprint density at radius 1 is 1.14 bits per heavy atom. The fourth-order valence-corrected chi connectivity index (χ4v) is 3.55. The summed E-state index contributed by atoms with van der Waals surface area (Å²) >= 11 is 0. The van der Waals surface area contributed by atoms with Crippen molar-refractivity contribution in [1.82, 2.24) is 9.78 Å². The monoisotopic (exact) mass is 398 g/mol. The van der Waals surface area contributed by atoms with Crippen LogP contribution in [0, 0.1) is 0 Å². The van der Waals surface area contributed by atoms with E-state index < -0.39 is 14.0 Å². The van der Waals surface area contributed by atoms with Crippen LogP contribution in [0.5, 0.6) is 5.75 Å². The van der Waals surface area contributed by atoms with Gasteiger partial charge in [0.05, 0.1) is 5.52 Å². The lowest BCUT2D eigenvalue weighted by atomic mass is 10.2. The van der Waals surface area contributed by atoms with Crippen LogP contribution in [-0.4, -0.2) is 35.5 Å². The highest BCUT2D eigenvalue weighted by Gasteiger charge is 2.19. The number of rotatable bonds is 9. The Kier molecular flexibility index (Phi) is 6.16. The van der Waals surface area contributed by atoms with Gasteiger partial charge in [0.25, 0.3) is 0 Å². The Labute approximate surface area is 165 Å². The van der Waals surface area contributed by atoms with Crippen LogP contribution in [0.4, 0.5) is 0 Å². The van der Waals surface area contributed by atoms with Crippen LogP contribution in [0.3, 0.4) is 0 Å². The summed E-state index contributed by atoms with van der Waals surface area (Å²) in [5, 5.41) is 14.6. The molecule has 3 rings (SSSR count). The van der Waals surface area contributed by atoms with E-state index in [1.165, 1.54) is 4.68 Å². The SMILES string of the molecule is C[Si](C)(C)CCOCn1nc2cc(OCc3ccccc3)ccc2c1C(=O)O. The second-order valence-electron chi connectivity index (χ2n) is 7.95. The standard InChI is InChI=1S/C21H26N2O4Si/c1-28(2,3)12-11-26-15-23-20(21(24)25)18-10-9-17(13-19(18)22-23)27-14-16-7-5-4-6-8-16/h4-10,13H,11-12,14-15H2,1-3H3,(H,24,25). The molecule has 1 N–H and O–H groups in total. The van der Waals surface area contributed by atoms with Gasteiger partial charge in [-0.1, -0.05) is 50.0 Å². The van der Waals surface area contributed by atoms with Crippen molar-refractivity contribution in [2.24, 2.45) is 0 Å². The molecular formula is C21H26N2O4Si. The summed E-state index contributed by atoms with van der Waals surface area (Å²) in [6, 6.07) is 16.2. The lowest BCUT2D eigenvalue weighted by molar-refractivity contribution is 0.0595. The molecule has 6 nitrogen and oxygen atoms in total. The molecule has 0 amide bonds. The van der Waals surface area contributed by atoms with E-state index in [0.29, 0.717) is 29.9 Å². The molecule has 0 atom stereocenters. The quantitative estimate of drug-likeness (QED) is 0.420. The molecule has 148 valence electrons. The number of carbonyl (C=O) groups is 1. The molecule has 0 aliphatic rings. The minimum Gasteiger partial charge on any atom is -0.489 e. The number of nitrogens with zero attached hydrogens (tertiary/aromatic N) is 2. The summed E-state index contributed by atoms with van der Waals surface area (Å²) in [4.78, 5) is 11.7. The van der Waals surface area contributed by atoms with E-state index in [0.717, 1.165) is 11.6 Å². The number of carboxylic acids is 1. The van der Waals surface area contributed by atoms with Gasteiger partial charge in [0.1, 0.15) is 19.1 Å². The topological polar surface area (TPSA) is 73.6 Å². The third-order valence-electron chi connectivity index (χ3n) is 4.37. The summed E-state index contributed by atoms with van der Waals surface area (Å²) in [6.07, 6.45) is 0. The number of ether oxygens (including phenoxy) is 2. The molecule has 1 heterocycles. The van der Waals surface area contributed by atoms with E-state index in [-0.39, 0.29) is 12.4 Å².